The first kappa shape index (κ1) is 23.5. The van der Waals surface area contributed by atoms with E-state index in [1.54, 1.807) is 24.3 Å². The van der Waals surface area contributed by atoms with Crippen LogP contribution < -0.4 is 23.8 Å². The van der Waals surface area contributed by atoms with Gasteiger partial charge in [-0.1, -0.05) is 0 Å². The molecule has 172 valence electrons. The number of amides is 2. The molecule has 10 heteroatoms. The van der Waals surface area contributed by atoms with Crippen molar-refractivity contribution in [2.24, 2.45) is 0 Å². The SMILES string of the molecule is COc1ccc(C(=O)N(C(=O)c2ccc(OC)cc2)c2ncc(OCCF)c(OC)n2)cc1. The number of ether oxygens (including phenoxy) is 4. The number of benzene rings is 2. The van der Waals surface area contributed by atoms with Gasteiger partial charge in [-0.3, -0.25) is 9.59 Å². The second kappa shape index (κ2) is 10.9. The molecule has 3 aromatic rings. The van der Waals surface area contributed by atoms with Crippen LogP contribution in [0.4, 0.5) is 10.3 Å². The topological polar surface area (TPSA) is 100 Å². The molecule has 0 bridgehead atoms. The number of anilines is 1. The van der Waals surface area contributed by atoms with Crippen LogP contribution in [-0.4, -0.2) is 56.4 Å². The van der Waals surface area contributed by atoms with Crippen LogP contribution in [0.3, 0.4) is 0 Å². The van der Waals surface area contributed by atoms with Crippen LogP contribution in [0.5, 0.6) is 23.1 Å². The maximum atomic E-state index is 13.4. The number of nitrogens with zero attached hydrogens (tertiary/aromatic N) is 3. The van der Waals surface area contributed by atoms with Gasteiger partial charge in [0.25, 0.3) is 17.7 Å². The van der Waals surface area contributed by atoms with E-state index in [4.69, 9.17) is 18.9 Å². The van der Waals surface area contributed by atoms with Crippen molar-refractivity contribution < 1.29 is 32.9 Å². The molecule has 2 amide bonds. The third-order valence-electron chi connectivity index (χ3n) is 4.52. The van der Waals surface area contributed by atoms with Gasteiger partial charge >= 0.3 is 0 Å². The van der Waals surface area contributed by atoms with Crippen LogP contribution in [0.15, 0.2) is 54.7 Å². The van der Waals surface area contributed by atoms with Crippen LogP contribution in [0.1, 0.15) is 20.7 Å². The van der Waals surface area contributed by atoms with E-state index in [-0.39, 0.29) is 35.3 Å². The predicted molar refractivity (Wildman–Crippen MR) is 117 cm³/mol. The molecule has 0 unspecified atom stereocenters. The second-order valence-electron chi connectivity index (χ2n) is 6.48. The summed E-state index contributed by atoms with van der Waals surface area (Å²) in [6, 6.07) is 12.5. The van der Waals surface area contributed by atoms with Crippen LogP contribution >= 0.6 is 0 Å². The Balaban J connectivity index is 2.05. The first-order valence-corrected chi connectivity index (χ1v) is 9.79. The summed E-state index contributed by atoms with van der Waals surface area (Å²) in [5.41, 5.74) is 0.413. The van der Waals surface area contributed by atoms with Gasteiger partial charge in [0.2, 0.25) is 5.95 Å². The Hall–Kier alpha value is -4.21. The molecule has 2 aromatic carbocycles. The maximum absolute atomic E-state index is 13.4. The summed E-state index contributed by atoms with van der Waals surface area (Å²) in [7, 11) is 4.33. The highest BCUT2D eigenvalue weighted by Crippen LogP contribution is 2.28. The zero-order valence-corrected chi connectivity index (χ0v) is 18.3. The Labute approximate surface area is 189 Å². The number of rotatable bonds is 9. The first-order chi connectivity index (χ1) is 16.0. The Morgan fingerprint density at radius 2 is 1.36 bits per heavy atom. The zero-order chi connectivity index (χ0) is 23.8. The Bertz CT molecular complexity index is 1050. The molecule has 0 saturated heterocycles. The van der Waals surface area contributed by atoms with Crippen molar-refractivity contribution in [1.29, 1.82) is 0 Å². The molecule has 0 radical (unpaired) electrons. The van der Waals surface area contributed by atoms with Gasteiger partial charge in [-0.2, -0.15) is 4.98 Å². The van der Waals surface area contributed by atoms with E-state index < -0.39 is 18.5 Å². The molecule has 0 N–H and O–H groups in total. The first-order valence-electron chi connectivity index (χ1n) is 9.79. The Morgan fingerprint density at radius 3 is 1.79 bits per heavy atom. The number of aromatic nitrogens is 2. The highest BCUT2D eigenvalue weighted by Gasteiger charge is 2.29. The van der Waals surface area contributed by atoms with Gasteiger partial charge in [0.1, 0.15) is 24.8 Å². The largest absolute Gasteiger partial charge is 0.497 e. The molecule has 9 nitrogen and oxygen atoms in total. The number of hydrogen-bond acceptors (Lipinski definition) is 8. The molecule has 0 fully saturated rings. The summed E-state index contributed by atoms with van der Waals surface area (Å²) >= 11 is 0. The summed E-state index contributed by atoms with van der Waals surface area (Å²) in [6.45, 7) is -0.943. The minimum atomic E-state index is -0.719. The summed E-state index contributed by atoms with van der Waals surface area (Å²) in [4.78, 5) is 35.8. The van der Waals surface area contributed by atoms with Crippen LogP contribution in [0.25, 0.3) is 0 Å². The highest BCUT2D eigenvalue weighted by atomic mass is 19.1. The predicted octanol–water partition coefficient (Wildman–Crippen LogP) is 3.34. The normalized spacial score (nSPS) is 10.3. The summed E-state index contributed by atoms with van der Waals surface area (Å²) in [5.74, 6) is -0.452. The molecule has 0 aliphatic heterocycles. The number of imide groups is 1. The monoisotopic (exact) mass is 455 g/mol. The van der Waals surface area contributed by atoms with Crippen molar-refractivity contribution in [3.8, 4) is 23.1 Å². The van der Waals surface area contributed by atoms with Crippen molar-refractivity contribution in [2.75, 3.05) is 39.5 Å². The lowest BCUT2D eigenvalue weighted by Crippen LogP contribution is -2.38. The fourth-order valence-electron chi connectivity index (χ4n) is 2.85. The fourth-order valence-corrected chi connectivity index (χ4v) is 2.85. The van der Waals surface area contributed by atoms with Crippen molar-refractivity contribution in [3.05, 3.63) is 65.9 Å². The van der Waals surface area contributed by atoms with Crippen molar-refractivity contribution in [2.45, 2.75) is 0 Å². The molecular weight excluding hydrogens is 433 g/mol. The average Bonchev–Trinajstić information content (AvgIpc) is 2.87. The van der Waals surface area contributed by atoms with E-state index in [9.17, 15) is 14.0 Å². The number of hydrogen-bond donors (Lipinski definition) is 0. The van der Waals surface area contributed by atoms with Crippen molar-refractivity contribution >= 4 is 17.8 Å². The van der Waals surface area contributed by atoms with Gasteiger partial charge in [-0.05, 0) is 48.5 Å². The van der Waals surface area contributed by atoms with E-state index in [1.807, 2.05) is 0 Å². The third-order valence-corrected chi connectivity index (χ3v) is 4.52. The minimum absolute atomic E-state index is 0.0523. The molecule has 0 aliphatic carbocycles. The van der Waals surface area contributed by atoms with Crippen molar-refractivity contribution in [1.82, 2.24) is 9.97 Å². The molecule has 3 rings (SSSR count). The van der Waals surface area contributed by atoms with Gasteiger partial charge in [0.15, 0.2) is 5.75 Å². The fraction of sp³-hybridized carbons (Fsp3) is 0.217. The average molecular weight is 455 g/mol. The molecule has 1 aromatic heterocycles. The number of carbonyl (C=O) groups is 2. The molecule has 0 atom stereocenters. The van der Waals surface area contributed by atoms with Gasteiger partial charge < -0.3 is 18.9 Å². The zero-order valence-electron chi connectivity index (χ0n) is 18.3. The lowest BCUT2D eigenvalue weighted by Gasteiger charge is -2.20. The quantitative estimate of drug-likeness (QED) is 0.453. The van der Waals surface area contributed by atoms with E-state index in [0.29, 0.717) is 11.5 Å². The van der Waals surface area contributed by atoms with E-state index in [2.05, 4.69) is 9.97 Å². The molecular formula is C23H22FN3O6. The lowest BCUT2D eigenvalue weighted by molar-refractivity contribution is 0.0895. The standard InChI is InChI=1S/C23H22FN3O6/c1-30-17-8-4-15(5-9-17)21(28)27(22(29)16-6-10-18(31-2)11-7-16)23-25-14-19(33-13-12-24)20(26-23)32-3/h4-11,14H,12-13H2,1-3H3. The molecule has 1 heterocycles. The van der Waals surface area contributed by atoms with Gasteiger partial charge in [-0.25, -0.2) is 14.3 Å². The molecule has 0 saturated carbocycles. The third kappa shape index (κ3) is 5.35. The Kier molecular flexibility index (Phi) is 7.74. The van der Waals surface area contributed by atoms with E-state index in [1.165, 1.54) is 51.8 Å². The number of alkyl halides is 1. The maximum Gasteiger partial charge on any atom is 0.267 e. The van der Waals surface area contributed by atoms with Crippen LogP contribution in [0, 0.1) is 0 Å². The number of halogens is 1. The molecule has 33 heavy (non-hydrogen) atoms. The van der Waals surface area contributed by atoms with Crippen LogP contribution in [0.2, 0.25) is 0 Å². The Morgan fingerprint density at radius 1 is 0.848 bits per heavy atom. The minimum Gasteiger partial charge on any atom is -0.497 e. The number of methoxy groups -OCH3 is 3. The summed E-state index contributed by atoms with van der Waals surface area (Å²) in [5, 5.41) is 0. The van der Waals surface area contributed by atoms with Crippen molar-refractivity contribution in [3.63, 3.8) is 0 Å². The summed E-state index contributed by atoms with van der Waals surface area (Å²) in [6.07, 6.45) is 1.21. The smallest absolute Gasteiger partial charge is 0.267 e. The van der Waals surface area contributed by atoms with E-state index >= 15 is 0 Å². The van der Waals surface area contributed by atoms with Gasteiger partial charge in [0.05, 0.1) is 27.5 Å². The molecule has 0 spiro atoms. The second-order valence-corrected chi connectivity index (χ2v) is 6.48. The molecule has 0 aliphatic rings. The van der Waals surface area contributed by atoms with Crippen LogP contribution in [-0.2, 0) is 0 Å². The highest BCUT2D eigenvalue weighted by molar-refractivity contribution is 6.25. The summed E-state index contributed by atoms with van der Waals surface area (Å²) < 4.78 is 33.1. The van der Waals surface area contributed by atoms with E-state index in [0.717, 1.165) is 4.90 Å². The lowest BCUT2D eigenvalue weighted by atomic mass is 10.1. The van der Waals surface area contributed by atoms with Gasteiger partial charge in [-0.15, -0.1) is 0 Å². The number of carbonyl (C=O) groups excluding carboxylic acids is 2. The van der Waals surface area contributed by atoms with Gasteiger partial charge in [0, 0.05) is 11.1 Å².